The molecule has 0 radical (unpaired) electrons. The van der Waals surface area contributed by atoms with Gasteiger partial charge in [-0.1, -0.05) is 6.07 Å². The summed E-state index contributed by atoms with van der Waals surface area (Å²) in [5.74, 6) is -0.703. The molecular weight excluding hydrogens is 372 g/mol. The number of pyridine rings is 1. The summed E-state index contributed by atoms with van der Waals surface area (Å²) < 4.78 is 16.3. The van der Waals surface area contributed by atoms with Crippen molar-refractivity contribution >= 4 is 17.8 Å². The van der Waals surface area contributed by atoms with Crippen LogP contribution in [-0.4, -0.2) is 30.1 Å². The van der Waals surface area contributed by atoms with Gasteiger partial charge in [0.25, 0.3) is 0 Å². The van der Waals surface area contributed by atoms with E-state index in [-0.39, 0.29) is 13.2 Å². The average Bonchev–Trinajstić information content (AvgIpc) is 3.23. The molecule has 152 valence electrons. The summed E-state index contributed by atoms with van der Waals surface area (Å²) in [7, 11) is 0. The smallest absolute Gasteiger partial charge is 0.336 e. The molecule has 3 rings (SSSR count). The average molecular weight is 396 g/mol. The second kappa shape index (κ2) is 8.77. The number of anilines is 1. The van der Waals surface area contributed by atoms with Crippen molar-refractivity contribution in [1.82, 2.24) is 4.98 Å². The van der Waals surface area contributed by atoms with Gasteiger partial charge < -0.3 is 18.8 Å². The van der Waals surface area contributed by atoms with Gasteiger partial charge in [0, 0.05) is 17.6 Å². The molecule has 1 aliphatic rings. The van der Waals surface area contributed by atoms with Crippen LogP contribution in [-0.2, 0) is 19.1 Å². The quantitative estimate of drug-likeness (QED) is 0.684. The number of esters is 2. The summed E-state index contributed by atoms with van der Waals surface area (Å²) >= 11 is 0. The summed E-state index contributed by atoms with van der Waals surface area (Å²) in [6.07, 6.45) is 3.17. The van der Waals surface area contributed by atoms with Crippen molar-refractivity contribution < 1.29 is 23.5 Å². The second-order valence-corrected chi connectivity index (χ2v) is 6.41. The van der Waals surface area contributed by atoms with Crippen molar-refractivity contribution in [1.29, 1.82) is 0 Å². The first-order valence-corrected chi connectivity index (χ1v) is 9.51. The SMILES string of the molecule is CCOC(=O)C1=C(C)N(c2ccccn2)C(C)=C(C(=O)OCC)C1c1ccco1. The van der Waals surface area contributed by atoms with E-state index >= 15 is 0 Å². The van der Waals surface area contributed by atoms with Crippen LogP contribution in [0.3, 0.4) is 0 Å². The van der Waals surface area contributed by atoms with Gasteiger partial charge in [0.15, 0.2) is 0 Å². The zero-order valence-electron chi connectivity index (χ0n) is 17.0. The van der Waals surface area contributed by atoms with Gasteiger partial charge in [0.1, 0.15) is 11.6 Å². The highest BCUT2D eigenvalue weighted by atomic mass is 16.5. The first-order valence-electron chi connectivity index (χ1n) is 9.51. The Balaban J connectivity index is 2.28. The van der Waals surface area contributed by atoms with E-state index in [2.05, 4.69) is 4.98 Å². The van der Waals surface area contributed by atoms with Gasteiger partial charge in [0.05, 0.1) is 36.5 Å². The topological polar surface area (TPSA) is 81.9 Å². The fourth-order valence-electron chi connectivity index (χ4n) is 3.57. The lowest BCUT2D eigenvalue weighted by Crippen LogP contribution is -2.35. The maximum atomic E-state index is 13.0. The number of ether oxygens (including phenoxy) is 2. The summed E-state index contributed by atoms with van der Waals surface area (Å²) in [6.45, 7) is 7.51. The van der Waals surface area contributed by atoms with Crippen molar-refractivity contribution in [3.63, 3.8) is 0 Å². The lowest BCUT2D eigenvalue weighted by Gasteiger charge is -2.36. The van der Waals surface area contributed by atoms with Gasteiger partial charge in [-0.05, 0) is 52.0 Å². The molecular formula is C22H24N2O5. The lowest BCUT2D eigenvalue weighted by molar-refractivity contribution is -0.139. The summed E-state index contributed by atoms with van der Waals surface area (Å²) in [6, 6.07) is 8.91. The van der Waals surface area contributed by atoms with Gasteiger partial charge >= 0.3 is 11.9 Å². The molecule has 1 aliphatic heterocycles. The maximum Gasteiger partial charge on any atom is 0.336 e. The summed E-state index contributed by atoms with van der Waals surface area (Å²) in [5, 5.41) is 0. The van der Waals surface area contributed by atoms with Crippen molar-refractivity contribution in [3.8, 4) is 0 Å². The predicted octanol–water partition coefficient (Wildman–Crippen LogP) is 3.95. The minimum Gasteiger partial charge on any atom is -0.468 e. The van der Waals surface area contributed by atoms with Crippen molar-refractivity contribution in [2.24, 2.45) is 0 Å². The van der Waals surface area contributed by atoms with Crippen LogP contribution in [0.2, 0.25) is 0 Å². The fraction of sp³-hybridized carbons (Fsp3) is 0.318. The van der Waals surface area contributed by atoms with Crippen LogP contribution in [0.5, 0.6) is 0 Å². The number of aromatic nitrogens is 1. The van der Waals surface area contributed by atoms with Gasteiger partial charge in [-0.3, -0.25) is 0 Å². The van der Waals surface area contributed by atoms with E-state index in [9.17, 15) is 9.59 Å². The van der Waals surface area contributed by atoms with Crippen molar-refractivity contribution in [2.45, 2.75) is 33.6 Å². The number of carbonyl (C=O) groups is 2. The number of hydrogen-bond donors (Lipinski definition) is 0. The molecule has 0 unspecified atom stereocenters. The standard InChI is InChI=1S/C22H24N2O5/c1-5-27-21(25)18-14(3)24(17-11-7-8-12-23-17)15(4)19(22(26)28-6-2)20(18)16-10-9-13-29-16/h7-13,20H,5-6H2,1-4H3. The number of furan rings is 1. The number of nitrogens with zero attached hydrogens (tertiary/aromatic N) is 2. The number of carbonyl (C=O) groups excluding carboxylic acids is 2. The highest BCUT2D eigenvalue weighted by Gasteiger charge is 2.42. The predicted molar refractivity (Wildman–Crippen MR) is 107 cm³/mol. The molecule has 0 amide bonds. The fourth-order valence-corrected chi connectivity index (χ4v) is 3.57. The van der Waals surface area contributed by atoms with E-state index in [1.807, 2.05) is 26.0 Å². The summed E-state index contributed by atoms with van der Waals surface area (Å²) in [5.41, 5.74) is 1.88. The Morgan fingerprint density at radius 3 is 2.07 bits per heavy atom. The first-order chi connectivity index (χ1) is 14.0. The monoisotopic (exact) mass is 396 g/mol. The van der Waals surface area contributed by atoms with E-state index < -0.39 is 17.9 Å². The van der Waals surface area contributed by atoms with Crippen LogP contribution in [0, 0.1) is 0 Å². The van der Waals surface area contributed by atoms with E-state index in [1.165, 1.54) is 6.26 Å². The number of rotatable bonds is 6. The molecule has 0 bridgehead atoms. The molecule has 3 heterocycles. The Kier molecular flexibility index (Phi) is 6.16. The van der Waals surface area contributed by atoms with Crippen LogP contribution in [0.15, 0.2) is 69.7 Å². The molecule has 0 aromatic carbocycles. The molecule has 0 atom stereocenters. The maximum absolute atomic E-state index is 13.0. The Hall–Kier alpha value is -3.35. The molecule has 0 spiro atoms. The van der Waals surface area contributed by atoms with E-state index in [1.54, 1.807) is 43.1 Å². The molecule has 0 saturated carbocycles. The third kappa shape index (κ3) is 3.81. The molecule has 2 aromatic heterocycles. The number of hydrogen-bond acceptors (Lipinski definition) is 7. The Bertz CT molecular complexity index is 903. The van der Waals surface area contributed by atoms with Crippen LogP contribution in [0.4, 0.5) is 5.82 Å². The minimum absolute atomic E-state index is 0.210. The van der Waals surface area contributed by atoms with Gasteiger partial charge in [-0.15, -0.1) is 0 Å². The highest BCUT2D eigenvalue weighted by molar-refractivity contribution is 6.01. The van der Waals surface area contributed by atoms with Crippen molar-refractivity contribution in [2.75, 3.05) is 18.1 Å². The van der Waals surface area contributed by atoms with E-state index in [4.69, 9.17) is 13.9 Å². The van der Waals surface area contributed by atoms with Crippen LogP contribution >= 0.6 is 0 Å². The molecule has 7 nitrogen and oxygen atoms in total. The zero-order chi connectivity index (χ0) is 21.0. The lowest BCUT2D eigenvalue weighted by atomic mass is 9.82. The van der Waals surface area contributed by atoms with E-state index in [0.29, 0.717) is 34.1 Å². The van der Waals surface area contributed by atoms with Crippen LogP contribution < -0.4 is 4.90 Å². The highest BCUT2D eigenvalue weighted by Crippen LogP contribution is 2.44. The molecule has 0 N–H and O–H groups in total. The largest absolute Gasteiger partial charge is 0.468 e. The Labute approximate surface area is 169 Å². The molecule has 7 heteroatoms. The first kappa shape index (κ1) is 20.4. The van der Waals surface area contributed by atoms with Crippen LogP contribution in [0.25, 0.3) is 0 Å². The Morgan fingerprint density at radius 2 is 1.62 bits per heavy atom. The molecule has 29 heavy (non-hydrogen) atoms. The van der Waals surface area contributed by atoms with Crippen LogP contribution in [0.1, 0.15) is 39.4 Å². The van der Waals surface area contributed by atoms with Gasteiger partial charge in [-0.2, -0.15) is 0 Å². The van der Waals surface area contributed by atoms with Gasteiger partial charge in [0.2, 0.25) is 0 Å². The second-order valence-electron chi connectivity index (χ2n) is 6.41. The molecule has 0 aliphatic carbocycles. The molecule has 0 saturated heterocycles. The van der Waals surface area contributed by atoms with Gasteiger partial charge in [-0.25, -0.2) is 14.6 Å². The zero-order valence-corrected chi connectivity index (χ0v) is 17.0. The number of allylic oxidation sites excluding steroid dienone is 2. The summed E-state index contributed by atoms with van der Waals surface area (Å²) in [4.78, 5) is 32.1. The third-order valence-corrected chi connectivity index (χ3v) is 4.72. The normalized spacial score (nSPS) is 15.0. The molecule has 2 aromatic rings. The minimum atomic E-state index is -0.733. The van der Waals surface area contributed by atoms with E-state index in [0.717, 1.165) is 0 Å². The Morgan fingerprint density at radius 1 is 1.00 bits per heavy atom. The van der Waals surface area contributed by atoms with Crippen molar-refractivity contribution in [3.05, 3.63) is 71.1 Å². The molecule has 0 fully saturated rings. The third-order valence-electron chi connectivity index (χ3n) is 4.72.